The molecule has 3 aliphatic rings. The van der Waals surface area contributed by atoms with Crippen molar-refractivity contribution in [2.45, 2.75) is 57.2 Å². The van der Waals surface area contributed by atoms with Crippen molar-refractivity contribution in [3.8, 4) is 5.75 Å². The van der Waals surface area contributed by atoms with E-state index in [1.807, 2.05) is 18.2 Å². The lowest BCUT2D eigenvalue weighted by Gasteiger charge is -2.23. The molecule has 1 saturated carbocycles. The Balaban J connectivity index is 1.35. The van der Waals surface area contributed by atoms with Crippen molar-refractivity contribution in [3.63, 3.8) is 0 Å². The summed E-state index contributed by atoms with van der Waals surface area (Å²) < 4.78 is 12.2. The summed E-state index contributed by atoms with van der Waals surface area (Å²) in [5.74, 6) is 3.44. The van der Waals surface area contributed by atoms with Crippen LogP contribution in [0.25, 0.3) is 0 Å². The highest BCUT2D eigenvalue weighted by atomic mass is 35.5. The van der Waals surface area contributed by atoms with Gasteiger partial charge in [-0.15, -0.1) is 10.2 Å². The molecular formula is C19H22ClN3O2. The summed E-state index contributed by atoms with van der Waals surface area (Å²) in [7, 11) is 0. The van der Waals surface area contributed by atoms with Gasteiger partial charge < -0.3 is 14.5 Å². The minimum Gasteiger partial charge on any atom is -0.480 e. The van der Waals surface area contributed by atoms with Crippen LogP contribution in [0.3, 0.4) is 0 Å². The molecule has 2 aromatic rings. The molecule has 0 radical (unpaired) electrons. The molecule has 3 heterocycles. The average molecular weight is 360 g/mol. The topological polar surface area (TPSA) is 60.2 Å². The van der Waals surface area contributed by atoms with Gasteiger partial charge in [-0.3, -0.25) is 0 Å². The Bertz CT molecular complexity index is 821. The molecule has 0 bridgehead atoms. The van der Waals surface area contributed by atoms with Crippen LogP contribution in [0.2, 0.25) is 5.02 Å². The number of aromatic nitrogens is 2. The number of aryl methyl sites for hydroxylation is 1. The van der Waals surface area contributed by atoms with Gasteiger partial charge in [-0.2, -0.15) is 0 Å². The van der Waals surface area contributed by atoms with Gasteiger partial charge in [0.15, 0.2) is 6.10 Å². The van der Waals surface area contributed by atoms with Crippen LogP contribution in [0.1, 0.15) is 56.6 Å². The molecule has 0 amide bonds. The van der Waals surface area contributed by atoms with Crippen molar-refractivity contribution in [3.05, 3.63) is 40.6 Å². The minimum atomic E-state index is -0.175. The van der Waals surface area contributed by atoms with Crippen LogP contribution in [-0.4, -0.2) is 16.2 Å². The molecule has 5 rings (SSSR count). The van der Waals surface area contributed by atoms with Crippen LogP contribution in [0.15, 0.2) is 22.6 Å². The van der Waals surface area contributed by atoms with Gasteiger partial charge in [0.2, 0.25) is 5.89 Å². The molecular weight excluding hydrogens is 338 g/mol. The van der Waals surface area contributed by atoms with E-state index in [9.17, 15) is 0 Å². The minimum absolute atomic E-state index is 0.0830. The van der Waals surface area contributed by atoms with E-state index < -0.39 is 0 Å². The number of hydrogen-bond acceptors (Lipinski definition) is 5. The van der Waals surface area contributed by atoms with Gasteiger partial charge in [0.25, 0.3) is 5.89 Å². The molecule has 1 aromatic heterocycles. The Morgan fingerprint density at radius 3 is 3.00 bits per heavy atom. The summed E-state index contributed by atoms with van der Waals surface area (Å²) in [6, 6.07) is 6.28. The molecule has 5 nitrogen and oxygen atoms in total. The number of ether oxygens (including phenoxy) is 1. The second-order valence-electron chi connectivity index (χ2n) is 7.95. The van der Waals surface area contributed by atoms with E-state index in [0.29, 0.717) is 23.8 Å². The van der Waals surface area contributed by atoms with Gasteiger partial charge in [0.1, 0.15) is 11.3 Å². The number of benzene rings is 1. The van der Waals surface area contributed by atoms with E-state index in [2.05, 4.69) is 29.4 Å². The van der Waals surface area contributed by atoms with E-state index in [4.69, 9.17) is 20.8 Å². The zero-order valence-corrected chi connectivity index (χ0v) is 15.2. The number of nitrogens with zero attached hydrogens (tertiary/aromatic N) is 2. The van der Waals surface area contributed by atoms with E-state index in [1.165, 1.54) is 6.42 Å². The molecule has 0 spiro atoms. The van der Waals surface area contributed by atoms with Gasteiger partial charge in [-0.1, -0.05) is 25.4 Å². The zero-order chi connectivity index (χ0) is 17.2. The van der Waals surface area contributed by atoms with E-state index >= 15 is 0 Å². The molecule has 1 aliphatic carbocycles. The summed E-state index contributed by atoms with van der Waals surface area (Å²) in [6.45, 7) is 4.52. The summed E-state index contributed by atoms with van der Waals surface area (Å²) in [5.41, 5.74) is 1.06. The molecule has 1 aromatic carbocycles. The third-order valence-electron chi connectivity index (χ3n) is 5.96. The van der Waals surface area contributed by atoms with Crippen molar-refractivity contribution in [1.29, 1.82) is 0 Å². The van der Waals surface area contributed by atoms with Crippen molar-refractivity contribution in [2.75, 3.05) is 0 Å². The second kappa shape index (κ2) is 5.45. The number of rotatable bonds is 3. The van der Waals surface area contributed by atoms with E-state index in [-0.39, 0.29) is 11.6 Å². The van der Waals surface area contributed by atoms with E-state index in [0.717, 1.165) is 41.5 Å². The molecule has 132 valence electrons. The lowest BCUT2D eigenvalue weighted by atomic mass is 10.0. The van der Waals surface area contributed by atoms with Crippen LogP contribution in [0, 0.1) is 11.8 Å². The number of hydrogen-bond donors (Lipinski definition) is 1. The summed E-state index contributed by atoms with van der Waals surface area (Å²) in [4.78, 5) is 0. The lowest BCUT2D eigenvalue weighted by Crippen LogP contribution is -2.36. The third kappa shape index (κ3) is 2.48. The highest BCUT2D eigenvalue weighted by Crippen LogP contribution is 2.59. The van der Waals surface area contributed by atoms with Crippen LogP contribution < -0.4 is 10.1 Å². The Morgan fingerprint density at radius 2 is 2.20 bits per heavy atom. The van der Waals surface area contributed by atoms with Crippen LogP contribution >= 0.6 is 11.6 Å². The van der Waals surface area contributed by atoms with Gasteiger partial charge >= 0.3 is 0 Å². The quantitative estimate of drug-likeness (QED) is 0.896. The van der Waals surface area contributed by atoms with Crippen LogP contribution in [-0.2, 0) is 12.0 Å². The first-order chi connectivity index (χ1) is 12.0. The largest absolute Gasteiger partial charge is 0.480 e. The third-order valence-corrected chi connectivity index (χ3v) is 6.19. The highest BCUT2D eigenvalue weighted by Gasteiger charge is 2.65. The number of piperidine rings is 1. The van der Waals surface area contributed by atoms with E-state index in [1.54, 1.807) is 0 Å². The lowest BCUT2D eigenvalue weighted by molar-refractivity contribution is 0.140. The molecule has 2 fully saturated rings. The predicted molar refractivity (Wildman–Crippen MR) is 93.6 cm³/mol. The monoisotopic (exact) mass is 359 g/mol. The first-order valence-corrected chi connectivity index (χ1v) is 9.49. The normalized spacial score (nSPS) is 33.0. The fraction of sp³-hybridized carbons (Fsp3) is 0.579. The fourth-order valence-corrected chi connectivity index (χ4v) is 4.52. The van der Waals surface area contributed by atoms with Gasteiger partial charge in [0, 0.05) is 11.1 Å². The van der Waals surface area contributed by atoms with Crippen LogP contribution in [0.5, 0.6) is 5.75 Å². The average Bonchev–Trinajstić information content (AvgIpc) is 2.99. The number of halogens is 1. The SMILES string of the molecule is CC(C)C1CC2CC2(c2nnc(C3CCc4cc(Cl)ccc4O3)o2)N1. The fourth-order valence-electron chi connectivity index (χ4n) is 4.33. The first kappa shape index (κ1) is 15.6. The van der Waals surface area contributed by atoms with Gasteiger partial charge in [-0.25, -0.2) is 0 Å². The highest BCUT2D eigenvalue weighted by molar-refractivity contribution is 6.30. The molecule has 1 saturated heterocycles. The Morgan fingerprint density at radius 1 is 1.32 bits per heavy atom. The first-order valence-electron chi connectivity index (χ1n) is 9.12. The van der Waals surface area contributed by atoms with Gasteiger partial charge in [-0.05, 0) is 61.3 Å². The maximum absolute atomic E-state index is 6.08. The Labute approximate surface area is 152 Å². The number of nitrogens with one attached hydrogen (secondary N) is 1. The summed E-state index contributed by atoms with van der Waals surface area (Å²) >= 11 is 6.06. The zero-order valence-electron chi connectivity index (χ0n) is 14.5. The van der Waals surface area contributed by atoms with Gasteiger partial charge in [0.05, 0.1) is 0 Å². The molecule has 6 heteroatoms. The summed E-state index contributed by atoms with van der Waals surface area (Å²) in [6.07, 6.45) is 3.85. The smallest absolute Gasteiger partial charge is 0.257 e. The Hall–Kier alpha value is -1.59. The standard InChI is InChI=1S/C19H22ClN3O2/c1-10(2)14-8-12-9-19(12,21-14)18-23-22-17(25-18)16-5-3-11-7-13(20)4-6-15(11)24-16/h4,6-7,10,12,14,16,21H,3,5,8-9H2,1-2H3. The number of fused-ring (bicyclic) bond motifs is 2. The molecule has 25 heavy (non-hydrogen) atoms. The molecule has 4 atom stereocenters. The maximum Gasteiger partial charge on any atom is 0.257 e. The van der Waals surface area contributed by atoms with Crippen LogP contribution in [0.4, 0.5) is 0 Å². The summed E-state index contributed by atoms with van der Waals surface area (Å²) in [5, 5.41) is 13.2. The van der Waals surface area contributed by atoms with Crippen molar-refractivity contribution in [1.82, 2.24) is 15.5 Å². The second-order valence-corrected chi connectivity index (χ2v) is 8.38. The molecule has 1 N–H and O–H groups in total. The predicted octanol–water partition coefficient (Wildman–Crippen LogP) is 4.02. The maximum atomic E-state index is 6.08. The molecule has 2 aliphatic heterocycles. The van der Waals surface area contributed by atoms with Crippen molar-refractivity contribution < 1.29 is 9.15 Å². The van der Waals surface area contributed by atoms with Crippen molar-refractivity contribution >= 4 is 11.6 Å². The molecule has 4 unspecified atom stereocenters. The Kier molecular flexibility index (Phi) is 3.41. The van der Waals surface area contributed by atoms with Crippen molar-refractivity contribution in [2.24, 2.45) is 11.8 Å².